The van der Waals surface area contributed by atoms with Crippen molar-refractivity contribution in [3.05, 3.63) is 78.5 Å². The molecule has 0 aliphatic carbocycles. The molecule has 184 valence electrons. The maximum atomic E-state index is 10.4. The second kappa shape index (κ2) is 15.8. The number of aryl methyl sites for hydroxylation is 2. The highest BCUT2D eigenvalue weighted by atomic mass is 32.2. The third kappa shape index (κ3) is 12.2. The summed E-state index contributed by atoms with van der Waals surface area (Å²) >= 11 is 0. The van der Waals surface area contributed by atoms with Gasteiger partial charge < -0.3 is 4.55 Å². The quantitative estimate of drug-likeness (QED) is 0.171. The van der Waals surface area contributed by atoms with Gasteiger partial charge in [0.05, 0.1) is 30.7 Å². The molecule has 2 aromatic carbocycles. The van der Waals surface area contributed by atoms with E-state index in [1.807, 2.05) is 6.92 Å². The van der Waals surface area contributed by atoms with Crippen LogP contribution in [0, 0.1) is 6.92 Å². The first-order chi connectivity index (χ1) is 15.8. The fraction of sp³-hybridized carbons (Fsp3) is 0.500. The second-order valence-corrected chi connectivity index (χ2v) is 10.2. The van der Waals surface area contributed by atoms with Crippen LogP contribution in [-0.4, -0.2) is 37.1 Å². The lowest BCUT2D eigenvalue weighted by atomic mass is 10.1. The van der Waals surface area contributed by atoms with Gasteiger partial charge in [-0.25, -0.2) is 8.42 Å². The molecule has 0 aliphatic heterocycles. The molecule has 0 spiro atoms. The smallest absolute Gasteiger partial charge is 0.124 e. The van der Waals surface area contributed by atoms with Crippen LogP contribution in [0.5, 0.6) is 0 Å². The Bertz CT molecular complexity index is 869. The van der Waals surface area contributed by atoms with Gasteiger partial charge in [-0.2, -0.15) is 0 Å². The first-order valence-corrected chi connectivity index (χ1v) is 13.7. The van der Waals surface area contributed by atoms with Crippen molar-refractivity contribution in [2.24, 2.45) is 0 Å². The number of rotatable bonds is 14. The lowest BCUT2D eigenvalue weighted by Crippen LogP contribution is -2.45. The summed E-state index contributed by atoms with van der Waals surface area (Å²) in [6.07, 6.45) is 12.6. The Kier molecular flexibility index (Phi) is 13.9. The summed E-state index contributed by atoms with van der Waals surface area (Å²) in [5, 5.41) is 0. The first kappa shape index (κ1) is 29.1. The van der Waals surface area contributed by atoms with E-state index in [4.69, 9.17) is 0 Å². The van der Waals surface area contributed by atoms with Gasteiger partial charge in [-0.3, -0.25) is 4.48 Å². The summed E-state index contributed by atoms with van der Waals surface area (Å²) in [4.78, 5) is -0.178. The fourth-order valence-electron chi connectivity index (χ4n) is 3.84. The molecule has 0 bridgehead atoms. The summed E-state index contributed by atoms with van der Waals surface area (Å²) < 4.78 is 32.3. The minimum absolute atomic E-state index is 0.178. The maximum absolute atomic E-state index is 10.4. The Hall–Kier alpha value is -1.95. The van der Waals surface area contributed by atoms with Crippen molar-refractivity contribution in [2.45, 2.75) is 77.0 Å². The van der Waals surface area contributed by atoms with Crippen molar-refractivity contribution in [3.63, 3.8) is 0 Å². The van der Waals surface area contributed by atoms with Gasteiger partial charge in [0.15, 0.2) is 0 Å². The van der Waals surface area contributed by atoms with Crippen LogP contribution in [-0.2, 0) is 16.5 Å². The van der Waals surface area contributed by atoms with Crippen molar-refractivity contribution in [2.75, 3.05) is 19.6 Å². The van der Waals surface area contributed by atoms with Crippen LogP contribution in [0.4, 0.5) is 0 Å². The predicted molar refractivity (Wildman–Crippen MR) is 138 cm³/mol. The molecule has 2 rings (SSSR count). The van der Waals surface area contributed by atoms with Gasteiger partial charge in [-0.15, -0.1) is 0 Å². The molecule has 33 heavy (non-hydrogen) atoms. The number of unbranched alkanes of at least 4 members (excludes halogenated alkanes) is 4. The summed E-state index contributed by atoms with van der Waals surface area (Å²) in [6.45, 7) is 14.4. The maximum Gasteiger partial charge on any atom is 0.124 e. The van der Waals surface area contributed by atoms with Gasteiger partial charge in [0.2, 0.25) is 0 Å². The van der Waals surface area contributed by atoms with E-state index in [0.29, 0.717) is 0 Å². The number of nitrogens with zero attached hydrogens (tertiary/aromatic N) is 1. The zero-order chi connectivity index (χ0) is 24.6. The highest BCUT2D eigenvalue weighted by Gasteiger charge is 2.22. The van der Waals surface area contributed by atoms with E-state index in [1.54, 1.807) is 12.1 Å². The summed E-state index contributed by atoms with van der Waals surface area (Å²) in [5.41, 5.74) is 2.40. The average Bonchev–Trinajstić information content (AvgIpc) is 2.81. The lowest BCUT2D eigenvalue weighted by Gasteiger charge is -2.35. The molecular weight excluding hydrogens is 430 g/mol. The molecule has 0 aromatic heterocycles. The van der Waals surface area contributed by atoms with E-state index in [9.17, 15) is 13.0 Å². The summed E-state index contributed by atoms with van der Waals surface area (Å²) in [6, 6.07) is 16.7. The zero-order valence-corrected chi connectivity index (χ0v) is 21.7. The molecule has 0 fully saturated rings. The Morgan fingerprint density at radius 2 is 1.36 bits per heavy atom. The van der Waals surface area contributed by atoms with Gasteiger partial charge in [0.1, 0.15) is 10.1 Å². The Morgan fingerprint density at radius 3 is 1.85 bits per heavy atom. The van der Waals surface area contributed by atoms with Crippen LogP contribution in [0.3, 0.4) is 0 Å². The molecule has 0 N–H and O–H groups in total. The second-order valence-electron chi connectivity index (χ2n) is 8.84. The van der Waals surface area contributed by atoms with E-state index in [2.05, 4.69) is 57.0 Å². The average molecular weight is 474 g/mol. The molecule has 2 aromatic rings. The van der Waals surface area contributed by atoms with Crippen LogP contribution in [0.15, 0.2) is 72.3 Å². The minimum Gasteiger partial charge on any atom is -0.744 e. The van der Waals surface area contributed by atoms with Crippen LogP contribution >= 0.6 is 0 Å². The van der Waals surface area contributed by atoms with Gasteiger partial charge >= 0.3 is 0 Å². The van der Waals surface area contributed by atoms with Gasteiger partial charge in [-0.1, -0.05) is 74.7 Å². The Morgan fingerprint density at radius 1 is 0.818 bits per heavy atom. The van der Waals surface area contributed by atoms with Crippen molar-refractivity contribution in [3.8, 4) is 0 Å². The van der Waals surface area contributed by atoms with Gasteiger partial charge in [0, 0.05) is 0 Å². The van der Waals surface area contributed by atoms with E-state index >= 15 is 0 Å². The predicted octanol–water partition coefficient (Wildman–Crippen LogP) is 6.86. The number of quaternary nitrogens is 1. The molecule has 5 heteroatoms. The Balaban J connectivity index is 0.000000412. The molecule has 0 radical (unpaired) electrons. The zero-order valence-electron chi connectivity index (χ0n) is 20.8. The fourth-order valence-corrected chi connectivity index (χ4v) is 4.31. The SMILES string of the molecule is C=C[N+](CCCC)(CCCC)CCCCCc1ccccc1.Cc1ccc(S(=O)(=O)[O-])cc1. The molecular formula is C28H43NO3S. The number of benzene rings is 2. The molecule has 0 saturated carbocycles. The van der Waals surface area contributed by atoms with Crippen LogP contribution < -0.4 is 0 Å². The van der Waals surface area contributed by atoms with Crippen molar-refractivity contribution >= 4 is 10.1 Å². The molecule has 0 heterocycles. The normalized spacial score (nSPS) is 11.5. The lowest BCUT2D eigenvalue weighted by molar-refractivity contribution is -0.880. The number of hydrogen-bond donors (Lipinski definition) is 0. The van der Waals surface area contributed by atoms with E-state index in [1.165, 1.54) is 88.7 Å². The molecule has 0 aliphatic rings. The summed E-state index contributed by atoms with van der Waals surface area (Å²) in [7, 11) is -4.27. The van der Waals surface area contributed by atoms with E-state index in [0.717, 1.165) is 10.0 Å². The highest BCUT2D eigenvalue weighted by Crippen LogP contribution is 2.16. The van der Waals surface area contributed by atoms with Crippen molar-refractivity contribution in [1.29, 1.82) is 0 Å². The largest absolute Gasteiger partial charge is 0.744 e. The Labute approximate surface area is 202 Å². The standard InChI is InChI=1S/C21H36N.C7H8O3S/c1-4-7-18-22(6-3,19-8-5-2)20-14-10-13-17-21-15-11-9-12-16-21;1-6-2-4-7(5-3-6)11(8,9)10/h6,9,11-12,15-16H,3-5,7-8,10,13-14,17-20H2,1-2H3;2-5H,1H3,(H,8,9,10)/q+1;/p-1. The minimum atomic E-state index is -4.27. The third-order valence-electron chi connectivity index (χ3n) is 6.02. The van der Waals surface area contributed by atoms with Crippen LogP contribution in [0.2, 0.25) is 0 Å². The monoisotopic (exact) mass is 473 g/mol. The van der Waals surface area contributed by atoms with E-state index in [-0.39, 0.29) is 4.90 Å². The highest BCUT2D eigenvalue weighted by molar-refractivity contribution is 7.85. The molecule has 0 unspecified atom stereocenters. The topological polar surface area (TPSA) is 57.2 Å². The van der Waals surface area contributed by atoms with Crippen molar-refractivity contribution in [1.82, 2.24) is 0 Å². The van der Waals surface area contributed by atoms with Crippen molar-refractivity contribution < 1.29 is 17.5 Å². The van der Waals surface area contributed by atoms with Crippen LogP contribution in [0.25, 0.3) is 0 Å². The molecule has 0 saturated heterocycles. The third-order valence-corrected chi connectivity index (χ3v) is 6.87. The molecule has 4 nitrogen and oxygen atoms in total. The van der Waals surface area contributed by atoms with E-state index < -0.39 is 10.1 Å². The molecule has 0 atom stereocenters. The summed E-state index contributed by atoms with van der Waals surface area (Å²) in [5.74, 6) is 0. The number of hydrogen-bond acceptors (Lipinski definition) is 3. The van der Waals surface area contributed by atoms with Gasteiger partial charge in [-0.05, 0) is 69.7 Å². The van der Waals surface area contributed by atoms with Gasteiger partial charge in [0.25, 0.3) is 0 Å². The first-order valence-electron chi connectivity index (χ1n) is 12.3. The molecule has 0 amide bonds. The van der Waals surface area contributed by atoms with Crippen LogP contribution in [0.1, 0.15) is 69.9 Å².